The first-order chi connectivity index (χ1) is 13.3. The van der Waals surface area contributed by atoms with E-state index < -0.39 is 0 Å². The molecule has 1 unspecified atom stereocenters. The summed E-state index contributed by atoms with van der Waals surface area (Å²) < 4.78 is 16.2. The fourth-order valence-corrected chi connectivity index (χ4v) is 3.11. The Bertz CT molecular complexity index is 548. The zero-order valence-corrected chi connectivity index (χ0v) is 17.1. The highest BCUT2D eigenvalue weighted by Crippen LogP contribution is 2.17. The maximum absolute atomic E-state index is 5.69. The van der Waals surface area contributed by atoms with Crippen LogP contribution in [0.15, 0.2) is 29.3 Å². The number of hydrogen-bond donors (Lipinski definition) is 1. The van der Waals surface area contributed by atoms with E-state index in [2.05, 4.69) is 41.4 Å². The van der Waals surface area contributed by atoms with Gasteiger partial charge in [-0.1, -0.05) is 24.3 Å². The maximum atomic E-state index is 5.69. The number of hydrogen-bond acceptors (Lipinski definition) is 4. The Balaban J connectivity index is 1.85. The molecule has 0 saturated carbocycles. The quantitative estimate of drug-likeness (QED) is 0.365. The van der Waals surface area contributed by atoms with Gasteiger partial charge in [-0.3, -0.25) is 0 Å². The Morgan fingerprint density at radius 3 is 2.63 bits per heavy atom. The lowest BCUT2D eigenvalue weighted by Crippen LogP contribution is -2.40. The normalized spacial score (nSPS) is 17.5. The molecule has 6 heteroatoms. The number of rotatable bonds is 11. The van der Waals surface area contributed by atoms with E-state index in [1.54, 1.807) is 7.11 Å². The topological polar surface area (TPSA) is 55.3 Å². The van der Waals surface area contributed by atoms with Crippen LogP contribution >= 0.6 is 0 Å². The molecular weight excluding hydrogens is 342 g/mol. The molecule has 1 aliphatic heterocycles. The van der Waals surface area contributed by atoms with Crippen LogP contribution in [0.25, 0.3) is 0 Å². The van der Waals surface area contributed by atoms with Crippen LogP contribution in [-0.4, -0.2) is 64.0 Å². The number of nitrogens with zero attached hydrogens (tertiary/aromatic N) is 2. The lowest BCUT2D eigenvalue weighted by Gasteiger charge is -2.21. The molecule has 1 heterocycles. The van der Waals surface area contributed by atoms with Gasteiger partial charge >= 0.3 is 0 Å². The van der Waals surface area contributed by atoms with Gasteiger partial charge in [-0.15, -0.1) is 0 Å². The van der Waals surface area contributed by atoms with Gasteiger partial charge in [0.05, 0.1) is 33.0 Å². The van der Waals surface area contributed by atoms with Gasteiger partial charge < -0.3 is 24.4 Å². The van der Waals surface area contributed by atoms with Gasteiger partial charge in [0.15, 0.2) is 5.96 Å². The van der Waals surface area contributed by atoms with Gasteiger partial charge in [0, 0.05) is 39.3 Å². The number of ether oxygens (including phenoxy) is 3. The van der Waals surface area contributed by atoms with Gasteiger partial charge in [-0.25, -0.2) is 4.99 Å². The molecule has 0 aromatic heterocycles. The molecular formula is C21H35N3O3. The molecule has 1 aliphatic rings. The van der Waals surface area contributed by atoms with Crippen LogP contribution in [0, 0.1) is 5.92 Å². The molecule has 1 N–H and O–H groups in total. The summed E-state index contributed by atoms with van der Waals surface area (Å²) in [6.07, 6.45) is 1.14. The Morgan fingerprint density at radius 2 is 1.93 bits per heavy atom. The third-order valence-corrected chi connectivity index (χ3v) is 4.61. The minimum Gasteiger partial charge on any atom is -0.382 e. The molecule has 1 aromatic rings. The number of nitrogens with one attached hydrogen (secondary N) is 1. The second-order valence-electron chi connectivity index (χ2n) is 6.79. The van der Waals surface area contributed by atoms with Crippen molar-refractivity contribution in [3.63, 3.8) is 0 Å². The fourth-order valence-electron chi connectivity index (χ4n) is 3.11. The lowest BCUT2D eigenvalue weighted by molar-refractivity contribution is 0.0536. The van der Waals surface area contributed by atoms with Crippen molar-refractivity contribution in [1.82, 2.24) is 10.2 Å². The van der Waals surface area contributed by atoms with Crippen molar-refractivity contribution >= 4 is 5.96 Å². The van der Waals surface area contributed by atoms with E-state index in [-0.39, 0.29) is 0 Å². The number of methoxy groups -OCH3 is 1. The second-order valence-corrected chi connectivity index (χ2v) is 6.79. The van der Waals surface area contributed by atoms with E-state index in [9.17, 15) is 0 Å². The number of likely N-dealkylation sites (tertiary alicyclic amines) is 1. The SMILES string of the molecule is CCNC(=NCc1ccc(COCC)cc1)N1CCC(COCCOC)C1. The molecule has 0 spiro atoms. The summed E-state index contributed by atoms with van der Waals surface area (Å²) >= 11 is 0. The third-order valence-electron chi connectivity index (χ3n) is 4.61. The minimum atomic E-state index is 0.559. The van der Waals surface area contributed by atoms with Crippen LogP contribution in [0.2, 0.25) is 0 Å². The fraction of sp³-hybridized carbons (Fsp3) is 0.667. The van der Waals surface area contributed by atoms with Crippen LogP contribution in [0.3, 0.4) is 0 Å². The predicted octanol–water partition coefficient (Wildman–Crippen LogP) is 2.67. The van der Waals surface area contributed by atoms with E-state index in [1.807, 2.05) is 6.92 Å². The van der Waals surface area contributed by atoms with Crippen LogP contribution in [0.1, 0.15) is 31.4 Å². The van der Waals surface area contributed by atoms with Crippen LogP contribution < -0.4 is 5.32 Å². The van der Waals surface area contributed by atoms with E-state index in [0.29, 0.717) is 32.3 Å². The van der Waals surface area contributed by atoms with E-state index in [0.717, 1.165) is 45.2 Å². The average Bonchev–Trinajstić information content (AvgIpc) is 3.16. The van der Waals surface area contributed by atoms with Gasteiger partial charge in [-0.2, -0.15) is 0 Å². The molecule has 0 amide bonds. The van der Waals surface area contributed by atoms with Crippen molar-refractivity contribution in [2.75, 3.05) is 53.2 Å². The summed E-state index contributed by atoms with van der Waals surface area (Å²) in [5, 5.41) is 3.43. The van der Waals surface area contributed by atoms with Crippen molar-refractivity contribution in [3.8, 4) is 0 Å². The highest BCUT2D eigenvalue weighted by molar-refractivity contribution is 5.80. The monoisotopic (exact) mass is 377 g/mol. The van der Waals surface area contributed by atoms with Gasteiger partial charge in [0.1, 0.15) is 0 Å². The summed E-state index contributed by atoms with van der Waals surface area (Å²) in [7, 11) is 1.70. The molecule has 0 aliphatic carbocycles. The Labute approximate surface area is 163 Å². The first-order valence-electron chi connectivity index (χ1n) is 10.0. The minimum absolute atomic E-state index is 0.559. The molecule has 2 rings (SSSR count). The molecule has 1 saturated heterocycles. The molecule has 0 radical (unpaired) electrons. The number of aliphatic imine (C=N–C) groups is 1. The van der Waals surface area contributed by atoms with E-state index in [4.69, 9.17) is 19.2 Å². The molecule has 6 nitrogen and oxygen atoms in total. The summed E-state index contributed by atoms with van der Waals surface area (Å²) in [6.45, 7) is 11.2. The maximum Gasteiger partial charge on any atom is 0.194 e. The van der Waals surface area contributed by atoms with Gasteiger partial charge in [0.2, 0.25) is 0 Å². The highest BCUT2D eigenvalue weighted by atomic mass is 16.5. The summed E-state index contributed by atoms with van der Waals surface area (Å²) in [6, 6.07) is 8.52. The van der Waals surface area contributed by atoms with E-state index >= 15 is 0 Å². The molecule has 1 aromatic carbocycles. The van der Waals surface area contributed by atoms with Crippen molar-refractivity contribution in [2.45, 2.75) is 33.4 Å². The van der Waals surface area contributed by atoms with Gasteiger partial charge in [0.25, 0.3) is 0 Å². The van der Waals surface area contributed by atoms with Crippen LogP contribution in [0.4, 0.5) is 0 Å². The number of guanidine groups is 1. The molecule has 0 bridgehead atoms. The standard InChI is InChI=1S/C21H35N3O3/c1-4-22-21(24-11-10-20(15-24)17-27-13-12-25-3)23-14-18-6-8-19(9-7-18)16-26-5-2/h6-9,20H,4-5,10-17H2,1-3H3,(H,22,23). The van der Waals surface area contributed by atoms with Gasteiger partial charge in [-0.05, 0) is 31.4 Å². The van der Waals surface area contributed by atoms with Crippen molar-refractivity contribution < 1.29 is 14.2 Å². The molecule has 27 heavy (non-hydrogen) atoms. The Morgan fingerprint density at radius 1 is 1.15 bits per heavy atom. The lowest BCUT2D eigenvalue weighted by atomic mass is 10.1. The highest BCUT2D eigenvalue weighted by Gasteiger charge is 2.24. The zero-order chi connectivity index (χ0) is 19.3. The zero-order valence-electron chi connectivity index (χ0n) is 17.1. The summed E-state index contributed by atoms with van der Waals surface area (Å²) in [5.41, 5.74) is 2.41. The molecule has 1 atom stereocenters. The smallest absolute Gasteiger partial charge is 0.194 e. The first-order valence-corrected chi connectivity index (χ1v) is 10.0. The summed E-state index contributed by atoms with van der Waals surface area (Å²) in [5.74, 6) is 1.55. The number of benzene rings is 1. The van der Waals surface area contributed by atoms with Crippen LogP contribution in [0.5, 0.6) is 0 Å². The Hall–Kier alpha value is -1.63. The third kappa shape index (κ3) is 7.87. The van der Waals surface area contributed by atoms with Crippen molar-refractivity contribution in [1.29, 1.82) is 0 Å². The predicted molar refractivity (Wildman–Crippen MR) is 109 cm³/mol. The summed E-state index contributed by atoms with van der Waals surface area (Å²) in [4.78, 5) is 7.19. The Kier molecular flexibility index (Phi) is 10.2. The van der Waals surface area contributed by atoms with E-state index in [1.165, 1.54) is 11.1 Å². The molecule has 152 valence electrons. The first kappa shape index (κ1) is 21.7. The average molecular weight is 378 g/mol. The van der Waals surface area contributed by atoms with Crippen LogP contribution in [-0.2, 0) is 27.4 Å². The van der Waals surface area contributed by atoms with Crippen molar-refractivity contribution in [3.05, 3.63) is 35.4 Å². The molecule has 1 fully saturated rings. The largest absolute Gasteiger partial charge is 0.382 e. The van der Waals surface area contributed by atoms with Crippen molar-refractivity contribution in [2.24, 2.45) is 10.9 Å². The second kappa shape index (κ2) is 12.7.